The first-order valence-corrected chi connectivity index (χ1v) is 6.44. The minimum absolute atomic E-state index is 0.0505. The predicted octanol–water partition coefficient (Wildman–Crippen LogP) is 3.03. The predicted molar refractivity (Wildman–Crippen MR) is 72.3 cm³/mol. The van der Waals surface area contributed by atoms with E-state index in [1.807, 2.05) is 6.92 Å². The van der Waals surface area contributed by atoms with Gasteiger partial charge in [0.15, 0.2) is 0 Å². The molecule has 1 aromatic rings. The van der Waals surface area contributed by atoms with Gasteiger partial charge in [-0.05, 0) is 24.6 Å². The van der Waals surface area contributed by atoms with Crippen LogP contribution in [0.4, 0.5) is 18.9 Å². The smallest absolute Gasteiger partial charge is 0.327 e. The molecule has 21 heavy (non-hydrogen) atoms. The molecular weight excluding hydrogens is 283 g/mol. The van der Waals surface area contributed by atoms with E-state index in [9.17, 15) is 18.0 Å². The van der Waals surface area contributed by atoms with Gasteiger partial charge in [0.1, 0.15) is 0 Å². The van der Waals surface area contributed by atoms with Gasteiger partial charge in [-0.15, -0.1) is 0 Å². The Labute approximate surface area is 120 Å². The maximum absolute atomic E-state index is 12.9. The van der Waals surface area contributed by atoms with E-state index < -0.39 is 17.6 Å². The van der Waals surface area contributed by atoms with Crippen LogP contribution in [-0.4, -0.2) is 11.9 Å². The molecule has 1 aromatic carbocycles. The zero-order valence-electron chi connectivity index (χ0n) is 11.5. The largest absolute Gasteiger partial charge is 0.418 e. The fraction of sp³-hybridized carbons (Fsp3) is 0.429. The first-order chi connectivity index (χ1) is 9.77. The molecule has 0 spiro atoms. The Bertz CT molecular complexity index is 549. The Morgan fingerprint density at radius 2 is 2.14 bits per heavy atom. The Hall–Kier alpha value is -2.07. The zero-order valence-corrected chi connectivity index (χ0v) is 11.5. The molecule has 0 bridgehead atoms. The highest BCUT2D eigenvalue weighted by atomic mass is 19.4. The minimum Gasteiger partial charge on any atom is -0.327 e. The molecule has 0 aliphatic heterocycles. The third kappa shape index (κ3) is 5.08. The molecule has 0 saturated heterocycles. The average molecular weight is 299 g/mol. The average Bonchev–Trinajstić information content (AvgIpc) is 2.37. The lowest BCUT2D eigenvalue weighted by Gasteiger charge is -2.15. The molecule has 4 nitrogen and oxygen atoms in total. The van der Waals surface area contributed by atoms with E-state index >= 15 is 0 Å². The van der Waals surface area contributed by atoms with E-state index in [0.29, 0.717) is 12.5 Å². The summed E-state index contributed by atoms with van der Waals surface area (Å²) in [7, 11) is 0. The number of halogens is 3. The molecule has 3 N–H and O–H groups in total. The molecule has 7 heteroatoms. The number of carbonyl (C=O) groups excluding carboxylic acids is 1. The van der Waals surface area contributed by atoms with Crippen LogP contribution in [0, 0.1) is 11.3 Å². The number of nitrogens with two attached hydrogens (primary N) is 1. The molecule has 1 amide bonds. The standard InChI is InChI=1S/C14H16F3N3O/c1-2-3-10(19)7-13(21)20-12-5-4-9(8-18)6-11(12)14(15,16)17/h4-6,10H,2-3,7,19H2,1H3,(H,20,21). The number of hydrogen-bond acceptors (Lipinski definition) is 3. The van der Waals surface area contributed by atoms with Gasteiger partial charge >= 0.3 is 6.18 Å². The second-order valence-electron chi connectivity index (χ2n) is 4.67. The molecule has 0 radical (unpaired) electrons. The second kappa shape index (κ2) is 7.09. The number of benzene rings is 1. The number of nitrogens with zero attached hydrogens (tertiary/aromatic N) is 1. The second-order valence-corrected chi connectivity index (χ2v) is 4.67. The maximum Gasteiger partial charge on any atom is 0.418 e. The number of nitriles is 1. The van der Waals surface area contributed by atoms with Gasteiger partial charge in [-0.25, -0.2) is 0 Å². The Morgan fingerprint density at radius 1 is 1.48 bits per heavy atom. The zero-order chi connectivity index (χ0) is 16.0. The van der Waals surface area contributed by atoms with Crippen molar-refractivity contribution >= 4 is 11.6 Å². The fourth-order valence-electron chi connectivity index (χ4n) is 1.87. The summed E-state index contributed by atoms with van der Waals surface area (Å²) in [6.07, 6.45) is -3.29. The Morgan fingerprint density at radius 3 is 2.67 bits per heavy atom. The molecule has 1 atom stereocenters. The summed E-state index contributed by atoms with van der Waals surface area (Å²) < 4.78 is 38.7. The lowest BCUT2D eigenvalue weighted by Crippen LogP contribution is -2.27. The van der Waals surface area contributed by atoms with Crippen LogP contribution in [0.15, 0.2) is 18.2 Å². The van der Waals surface area contributed by atoms with Crippen LogP contribution >= 0.6 is 0 Å². The summed E-state index contributed by atoms with van der Waals surface area (Å²) in [5.41, 5.74) is 4.15. The Balaban J connectivity index is 2.93. The van der Waals surface area contributed by atoms with Crippen LogP contribution in [-0.2, 0) is 11.0 Å². The molecule has 0 aliphatic carbocycles. The first-order valence-electron chi connectivity index (χ1n) is 6.44. The van der Waals surface area contributed by atoms with Crippen LogP contribution in [0.2, 0.25) is 0 Å². The van der Waals surface area contributed by atoms with Crippen LogP contribution in [0.5, 0.6) is 0 Å². The molecule has 0 saturated carbocycles. The molecule has 0 aliphatic rings. The van der Waals surface area contributed by atoms with Crippen LogP contribution in [0.3, 0.4) is 0 Å². The number of alkyl halides is 3. The van der Waals surface area contributed by atoms with E-state index in [4.69, 9.17) is 11.0 Å². The van der Waals surface area contributed by atoms with E-state index in [2.05, 4.69) is 5.32 Å². The minimum atomic E-state index is -4.65. The summed E-state index contributed by atoms with van der Waals surface area (Å²) in [5, 5.41) is 10.9. The number of hydrogen-bond donors (Lipinski definition) is 2. The highest BCUT2D eigenvalue weighted by Crippen LogP contribution is 2.35. The van der Waals surface area contributed by atoms with Gasteiger partial charge in [0.2, 0.25) is 5.91 Å². The summed E-state index contributed by atoms with van der Waals surface area (Å²) in [4.78, 5) is 11.7. The summed E-state index contributed by atoms with van der Waals surface area (Å²) in [6, 6.07) is 4.25. The van der Waals surface area contributed by atoms with E-state index in [1.165, 1.54) is 6.07 Å². The molecule has 1 unspecified atom stereocenters. The van der Waals surface area contributed by atoms with Crippen molar-refractivity contribution in [1.82, 2.24) is 0 Å². The van der Waals surface area contributed by atoms with Crippen molar-refractivity contribution in [3.05, 3.63) is 29.3 Å². The summed E-state index contributed by atoms with van der Waals surface area (Å²) in [5.74, 6) is -0.578. The number of amides is 1. The van der Waals surface area contributed by atoms with Gasteiger partial charge in [0.25, 0.3) is 0 Å². The van der Waals surface area contributed by atoms with Gasteiger partial charge < -0.3 is 11.1 Å². The fourth-order valence-corrected chi connectivity index (χ4v) is 1.87. The molecule has 0 fully saturated rings. The lowest BCUT2D eigenvalue weighted by molar-refractivity contribution is -0.137. The van der Waals surface area contributed by atoms with Crippen molar-refractivity contribution in [3.63, 3.8) is 0 Å². The first kappa shape index (κ1) is 17.0. The third-order valence-electron chi connectivity index (χ3n) is 2.84. The maximum atomic E-state index is 12.9. The monoisotopic (exact) mass is 299 g/mol. The van der Waals surface area contributed by atoms with Crippen LogP contribution < -0.4 is 11.1 Å². The number of nitrogens with one attached hydrogen (secondary N) is 1. The molecule has 0 aromatic heterocycles. The molecule has 1 rings (SSSR count). The van der Waals surface area contributed by atoms with E-state index in [-0.39, 0.29) is 23.7 Å². The Kier molecular flexibility index (Phi) is 5.73. The SMILES string of the molecule is CCCC(N)CC(=O)Nc1ccc(C#N)cc1C(F)(F)F. The third-order valence-corrected chi connectivity index (χ3v) is 2.84. The van der Waals surface area contributed by atoms with Crippen molar-refractivity contribution in [2.45, 2.75) is 38.4 Å². The quantitative estimate of drug-likeness (QED) is 0.877. The number of anilines is 1. The van der Waals surface area contributed by atoms with E-state index in [1.54, 1.807) is 6.07 Å². The van der Waals surface area contributed by atoms with E-state index in [0.717, 1.165) is 12.5 Å². The number of rotatable bonds is 5. The summed E-state index contributed by atoms with van der Waals surface area (Å²) >= 11 is 0. The topological polar surface area (TPSA) is 78.9 Å². The lowest BCUT2D eigenvalue weighted by atomic mass is 10.1. The van der Waals surface area contributed by atoms with Gasteiger partial charge in [-0.3, -0.25) is 4.79 Å². The van der Waals surface area contributed by atoms with Crippen molar-refractivity contribution in [2.75, 3.05) is 5.32 Å². The van der Waals surface area contributed by atoms with Crippen molar-refractivity contribution < 1.29 is 18.0 Å². The van der Waals surface area contributed by atoms with Crippen LogP contribution in [0.1, 0.15) is 37.3 Å². The van der Waals surface area contributed by atoms with Gasteiger partial charge in [-0.2, -0.15) is 18.4 Å². The van der Waals surface area contributed by atoms with Crippen molar-refractivity contribution in [3.8, 4) is 6.07 Å². The molecular formula is C14H16F3N3O. The number of carbonyl (C=O) groups is 1. The molecule has 114 valence electrons. The normalized spacial score (nSPS) is 12.6. The van der Waals surface area contributed by atoms with Crippen LogP contribution in [0.25, 0.3) is 0 Å². The highest BCUT2D eigenvalue weighted by Gasteiger charge is 2.34. The van der Waals surface area contributed by atoms with Gasteiger partial charge in [-0.1, -0.05) is 13.3 Å². The van der Waals surface area contributed by atoms with Crippen molar-refractivity contribution in [2.24, 2.45) is 5.73 Å². The van der Waals surface area contributed by atoms with Crippen molar-refractivity contribution in [1.29, 1.82) is 5.26 Å². The summed E-state index contributed by atoms with van der Waals surface area (Å²) in [6.45, 7) is 1.90. The highest BCUT2D eigenvalue weighted by molar-refractivity contribution is 5.92. The van der Waals surface area contributed by atoms with Gasteiger partial charge in [0.05, 0.1) is 22.9 Å². The molecule has 0 heterocycles. The van der Waals surface area contributed by atoms with Gasteiger partial charge in [0, 0.05) is 12.5 Å².